The monoisotopic (exact) mass is 362 g/mol. The second-order valence-corrected chi connectivity index (χ2v) is 8.05. The van der Waals surface area contributed by atoms with Gasteiger partial charge in [-0.1, -0.05) is 53.3 Å². The largest absolute Gasteiger partial charge is 0.465 e. The van der Waals surface area contributed by atoms with E-state index < -0.39 is 12.3 Å². The molecule has 0 N–H and O–H groups in total. The average Bonchev–Trinajstić information content (AvgIpc) is 2.56. The van der Waals surface area contributed by atoms with E-state index in [1.807, 2.05) is 19.1 Å². The molecule has 0 spiro atoms. The Morgan fingerprint density at radius 1 is 1.12 bits per heavy atom. The topological polar surface area (TPSA) is 44.8 Å². The van der Waals surface area contributed by atoms with E-state index in [-0.39, 0.29) is 18.6 Å². The second kappa shape index (κ2) is 10.4. The van der Waals surface area contributed by atoms with Crippen LogP contribution in [-0.2, 0) is 14.3 Å². The first-order valence-corrected chi connectivity index (χ1v) is 9.31. The SMILES string of the molecule is C=CC(=O)OCCOC(C)Oc1ccc(C(CC(C)C)C(C)(C)C)cc1. The molecule has 0 saturated heterocycles. The average molecular weight is 363 g/mol. The molecular weight excluding hydrogens is 328 g/mol. The highest BCUT2D eigenvalue weighted by atomic mass is 16.7. The van der Waals surface area contributed by atoms with Crippen molar-refractivity contribution in [2.75, 3.05) is 13.2 Å². The van der Waals surface area contributed by atoms with E-state index in [4.69, 9.17) is 14.2 Å². The molecular formula is C22H34O4. The van der Waals surface area contributed by atoms with Crippen LogP contribution in [0.15, 0.2) is 36.9 Å². The lowest BCUT2D eigenvalue weighted by molar-refractivity contribution is -0.142. The molecule has 4 heteroatoms. The fourth-order valence-electron chi connectivity index (χ4n) is 2.88. The molecule has 2 atom stereocenters. The normalized spacial score (nSPS) is 14.0. The van der Waals surface area contributed by atoms with Gasteiger partial charge in [-0.15, -0.1) is 0 Å². The lowest BCUT2D eigenvalue weighted by Gasteiger charge is -2.32. The van der Waals surface area contributed by atoms with Crippen LogP contribution in [0.4, 0.5) is 0 Å². The molecule has 146 valence electrons. The molecule has 0 heterocycles. The summed E-state index contributed by atoms with van der Waals surface area (Å²) in [6, 6.07) is 8.27. The molecule has 0 radical (unpaired) electrons. The number of esters is 1. The molecule has 0 aromatic heterocycles. The molecule has 0 aliphatic rings. The zero-order valence-electron chi connectivity index (χ0n) is 17.1. The fraction of sp³-hybridized carbons (Fsp3) is 0.591. The van der Waals surface area contributed by atoms with Crippen LogP contribution in [0.25, 0.3) is 0 Å². The van der Waals surface area contributed by atoms with Crippen molar-refractivity contribution in [3.8, 4) is 5.75 Å². The first-order chi connectivity index (χ1) is 12.1. The first-order valence-electron chi connectivity index (χ1n) is 9.31. The molecule has 1 rings (SSSR count). The molecule has 4 nitrogen and oxygen atoms in total. The third-order valence-electron chi connectivity index (χ3n) is 4.18. The summed E-state index contributed by atoms with van der Waals surface area (Å²) in [7, 11) is 0. The quantitative estimate of drug-likeness (QED) is 0.244. The number of hydrogen-bond acceptors (Lipinski definition) is 4. The minimum atomic E-state index is -0.451. The van der Waals surface area contributed by atoms with Crippen molar-refractivity contribution in [2.45, 2.75) is 60.2 Å². The van der Waals surface area contributed by atoms with Crippen LogP contribution < -0.4 is 4.74 Å². The summed E-state index contributed by atoms with van der Waals surface area (Å²) in [5, 5.41) is 0. The van der Waals surface area contributed by atoms with E-state index >= 15 is 0 Å². The van der Waals surface area contributed by atoms with Crippen molar-refractivity contribution < 1.29 is 19.0 Å². The Morgan fingerprint density at radius 3 is 2.23 bits per heavy atom. The minimum Gasteiger partial charge on any atom is -0.465 e. The van der Waals surface area contributed by atoms with E-state index in [0.717, 1.165) is 18.2 Å². The van der Waals surface area contributed by atoms with Gasteiger partial charge >= 0.3 is 5.97 Å². The molecule has 0 saturated carbocycles. The summed E-state index contributed by atoms with van der Waals surface area (Å²) < 4.78 is 16.1. The van der Waals surface area contributed by atoms with Crippen LogP contribution in [0.5, 0.6) is 5.75 Å². The summed E-state index contributed by atoms with van der Waals surface area (Å²) in [5.41, 5.74) is 1.55. The molecule has 0 aliphatic carbocycles. The number of rotatable bonds is 10. The number of carbonyl (C=O) groups is 1. The Labute approximate surface area is 158 Å². The standard InChI is InChI=1S/C22H34O4/c1-8-21(23)25-14-13-24-17(4)26-19-11-9-18(10-12-19)20(15-16(2)3)22(5,6)7/h8-12,16-17,20H,1,13-15H2,2-7H3. The third kappa shape index (κ3) is 8.05. The zero-order valence-corrected chi connectivity index (χ0v) is 17.1. The van der Waals surface area contributed by atoms with E-state index in [1.165, 1.54) is 5.56 Å². The van der Waals surface area contributed by atoms with Crippen LogP contribution >= 0.6 is 0 Å². The molecule has 1 aromatic carbocycles. The van der Waals surface area contributed by atoms with Crippen LogP contribution in [0.2, 0.25) is 0 Å². The van der Waals surface area contributed by atoms with Gasteiger partial charge in [-0.05, 0) is 48.3 Å². The number of ether oxygens (including phenoxy) is 3. The van der Waals surface area contributed by atoms with Gasteiger partial charge < -0.3 is 14.2 Å². The minimum absolute atomic E-state index is 0.181. The van der Waals surface area contributed by atoms with Gasteiger partial charge in [0.05, 0.1) is 6.61 Å². The van der Waals surface area contributed by atoms with Crippen molar-refractivity contribution >= 4 is 5.97 Å². The molecule has 2 unspecified atom stereocenters. The van der Waals surface area contributed by atoms with Crippen molar-refractivity contribution in [2.24, 2.45) is 11.3 Å². The lowest BCUT2D eigenvalue weighted by atomic mass is 9.72. The van der Waals surface area contributed by atoms with Gasteiger partial charge in [-0.25, -0.2) is 4.79 Å². The molecule has 0 amide bonds. The van der Waals surface area contributed by atoms with E-state index in [1.54, 1.807) is 0 Å². The molecule has 0 aliphatic heterocycles. The second-order valence-electron chi connectivity index (χ2n) is 8.05. The number of hydrogen-bond donors (Lipinski definition) is 0. The van der Waals surface area contributed by atoms with Crippen LogP contribution in [-0.4, -0.2) is 25.5 Å². The van der Waals surface area contributed by atoms with Crippen molar-refractivity contribution in [3.63, 3.8) is 0 Å². The van der Waals surface area contributed by atoms with Crippen LogP contribution in [0, 0.1) is 11.3 Å². The first kappa shape index (κ1) is 22.2. The maximum atomic E-state index is 10.9. The molecule has 1 aromatic rings. The number of benzene rings is 1. The van der Waals surface area contributed by atoms with Crippen molar-refractivity contribution in [1.82, 2.24) is 0 Å². The van der Waals surface area contributed by atoms with Gasteiger partial charge in [0.15, 0.2) is 6.29 Å². The Balaban J connectivity index is 2.57. The third-order valence-corrected chi connectivity index (χ3v) is 4.18. The molecule has 0 bridgehead atoms. The summed E-state index contributed by atoms with van der Waals surface area (Å²) in [6.45, 7) is 17.0. The summed E-state index contributed by atoms with van der Waals surface area (Å²) in [6.07, 6.45) is 1.87. The van der Waals surface area contributed by atoms with E-state index in [0.29, 0.717) is 11.8 Å². The van der Waals surface area contributed by atoms with Gasteiger partial charge in [0.1, 0.15) is 12.4 Å². The predicted molar refractivity (Wildman–Crippen MR) is 105 cm³/mol. The summed E-state index contributed by atoms with van der Waals surface area (Å²) in [5.74, 6) is 1.47. The van der Waals surface area contributed by atoms with Crippen LogP contribution in [0.3, 0.4) is 0 Å². The van der Waals surface area contributed by atoms with E-state index in [2.05, 4.69) is 53.3 Å². The van der Waals surface area contributed by atoms with Gasteiger partial charge in [0, 0.05) is 6.08 Å². The van der Waals surface area contributed by atoms with Gasteiger partial charge in [-0.2, -0.15) is 0 Å². The Hall–Kier alpha value is -1.81. The summed E-state index contributed by atoms with van der Waals surface area (Å²) in [4.78, 5) is 10.9. The maximum Gasteiger partial charge on any atom is 0.330 e. The Morgan fingerprint density at radius 2 is 1.73 bits per heavy atom. The highest BCUT2D eigenvalue weighted by Crippen LogP contribution is 2.40. The smallest absolute Gasteiger partial charge is 0.330 e. The van der Waals surface area contributed by atoms with Gasteiger partial charge in [0.2, 0.25) is 0 Å². The predicted octanol–water partition coefficient (Wildman–Crippen LogP) is 5.33. The molecule has 0 fully saturated rings. The highest BCUT2D eigenvalue weighted by Gasteiger charge is 2.26. The molecule has 26 heavy (non-hydrogen) atoms. The Kier molecular flexibility index (Phi) is 8.86. The highest BCUT2D eigenvalue weighted by molar-refractivity contribution is 5.81. The van der Waals surface area contributed by atoms with Gasteiger partial charge in [-0.3, -0.25) is 0 Å². The van der Waals surface area contributed by atoms with Crippen molar-refractivity contribution in [3.05, 3.63) is 42.5 Å². The lowest BCUT2D eigenvalue weighted by Crippen LogP contribution is -2.21. The van der Waals surface area contributed by atoms with Crippen molar-refractivity contribution in [1.29, 1.82) is 0 Å². The zero-order chi connectivity index (χ0) is 19.7. The fourth-order valence-corrected chi connectivity index (χ4v) is 2.88. The van der Waals surface area contributed by atoms with Gasteiger partial charge in [0.25, 0.3) is 0 Å². The summed E-state index contributed by atoms with van der Waals surface area (Å²) >= 11 is 0. The van der Waals surface area contributed by atoms with E-state index in [9.17, 15) is 4.79 Å². The number of carbonyl (C=O) groups excluding carboxylic acids is 1. The maximum absolute atomic E-state index is 10.9. The Bertz CT molecular complexity index is 555. The van der Waals surface area contributed by atoms with Crippen LogP contribution in [0.1, 0.15) is 59.4 Å².